The topological polar surface area (TPSA) is 96.3 Å². The fourth-order valence-electron chi connectivity index (χ4n) is 6.31. The molecular weight excluding hydrogens is 648 g/mol. The van der Waals surface area contributed by atoms with E-state index in [1.54, 1.807) is 24.3 Å². The molecule has 2 aromatic heterocycles. The van der Waals surface area contributed by atoms with Gasteiger partial charge in [-0.2, -0.15) is 8.78 Å². The molecule has 0 amide bonds. The van der Waals surface area contributed by atoms with Crippen LogP contribution in [0.5, 0.6) is 0 Å². The van der Waals surface area contributed by atoms with Crippen LogP contribution in [-0.2, 0) is 11.8 Å². The predicted molar refractivity (Wildman–Crippen MR) is 157 cm³/mol. The van der Waals surface area contributed by atoms with Crippen LogP contribution < -0.4 is 21.4 Å². The highest BCUT2D eigenvalue weighted by Gasteiger charge is 2.53. The zero-order valence-corrected chi connectivity index (χ0v) is 23.6. The van der Waals surface area contributed by atoms with E-state index in [0.29, 0.717) is 35.0 Å². The van der Waals surface area contributed by atoms with E-state index in [2.05, 4.69) is 35.3 Å². The summed E-state index contributed by atoms with van der Waals surface area (Å²) in [4.78, 5) is 21.9. The molecule has 0 aliphatic carbocycles. The van der Waals surface area contributed by atoms with Gasteiger partial charge in [-0.05, 0) is 30.3 Å². The van der Waals surface area contributed by atoms with E-state index in [0.717, 1.165) is 6.07 Å². The van der Waals surface area contributed by atoms with Gasteiger partial charge >= 0.3 is 11.8 Å². The summed E-state index contributed by atoms with van der Waals surface area (Å²) < 4.78 is 125. The van der Waals surface area contributed by atoms with E-state index in [1.165, 1.54) is 12.1 Å². The van der Waals surface area contributed by atoms with E-state index in [4.69, 9.17) is 0 Å². The molecule has 238 valence electrons. The lowest BCUT2D eigenvalue weighted by Gasteiger charge is -2.25. The minimum absolute atomic E-state index is 0.0583. The average Bonchev–Trinajstić information content (AvgIpc) is 3.75. The number of aromatic amines is 2. The Morgan fingerprint density at radius 1 is 0.667 bits per heavy atom. The molecule has 48 heavy (non-hydrogen) atoms. The van der Waals surface area contributed by atoms with Crippen LogP contribution in [0.1, 0.15) is 22.3 Å². The van der Waals surface area contributed by atoms with Gasteiger partial charge in [0.15, 0.2) is 34.9 Å². The maximum atomic E-state index is 17.1. The number of H-pyrrole nitrogens is 2. The van der Waals surface area contributed by atoms with Crippen LogP contribution in [0.3, 0.4) is 0 Å². The first-order chi connectivity index (χ1) is 23.0. The third-order valence-electron chi connectivity index (χ3n) is 8.44. The summed E-state index contributed by atoms with van der Waals surface area (Å²) in [5.41, 5.74) is -2.74. The molecule has 0 fully saturated rings. The van der Waals surface area contributed by atoms with E-state index < -0.39 is 79.8 Å². The van der Waals surface area contributed by atoms with Crippen molar-refractivity contribution in [2.24, 2.45) is 20.0 Å². The van der Waals surface area contributed by atoms with Crippen LogP contribution in [-0.4, -0.2) is 21.6 Å². The number of aliphatic imine (C=N–C) groups is 2. The molecule has 3 aliphatic rings. The van der Waals surface area contributed by atoms with E-state index in [-0.39, 0.29) is 33.6 Å². The lowest BCUT2D eigenvalue weighted by molar-refractivity contribution is 0.102. The van der Waals surface area contributed by atoms with Crippen molar-refractivity contribution < 1.29 is 35.2 Å². The highest BCUT2D eigenvalue weighted by molar-refractivity contribution is 6.08. The summed E-state index contributed by atoms with van der Waals surface area (Å²) >= 11 is 0. The molecule has 16 heteroatoms. The Morgan fingerprint density at radius 2 is 1.38 bits per heavy atom. The van der Waals surface area contributed by atoms with E-state index >= 15 is 22.0 Å². The molecule has 3 N–H and O–H groups in total. The van der Waals surface area contributed by atoms with Gasteiger partial charge in [-0.1, -0.05) is 40.9 Å². The molecule has 8 nitrogen and oxygen atoms in total. The van der Waals surface area contributed by atoms with Crippen molar-refractivity contribution in [3.8, 4) is 0 Å². The minimum atomic E-state index is -3.78. The SMILES string of the molecule is Fc1cc2c3[nH]c(c2cc1F)N(F)C1(F)N=C(NC2(F)N=C(N=c4[nH]c(c5ccccc45)=N3)c3cccc(F)c32)c2c1ccc(F)c2F. The summed E-state index contributed by atoms with van der Waals surface area (Å²) in [6.07, 6.45) is 0. The lowest BCUT2D eigenvalue weighted by atomic mass is 10.0. The molecule has 0 spiro atoms. The zero-order chi connectivity index (χ0) is 33.3. The Labute approximate surface area is 261 Å². The van der Waals surface area contributed by atoms with Crippen molar-refractivity contribution in [1.29, 1.82) is 0 Å². The fourth-order valence-corrected chi connectivity index (χ4v) is 6.31. The number of nitrogens with one attached hydrogen (secondary N) is 3. The molecule has 4 aromatic carbocycles. The van der Waals surface area contributed by atoms with Crippen LogP contribution in [0.4, 0.5) is 46.8 Å². The first-order valence-corrected chi connectivity index (χ1v) is 14.1. The first kappa shape index (κ1) is 28.2. The van der Waals surface area contributed by atoms with Gasteiger partial charge in [0.1, 0.15) is 28.4 Å². The predicted octanol–water partition coefficient (Wildman–Crippen LogP) is 6.29. The minimum Gasteiger partial charge on any atom is -0.324 e. The van der Waals surface area contributed by atoms with E-state index in [1.807, 2.05) is 0 Å². The number of anilines is 1. The fraction of sp³-hybridized carbons (Fsp3) is 0.0625. The Bertz CT molecular complexity index is 2630. The second kappa shape index (κ2) is 9.27. The molecule has 3 aliphatic heterocycles. The molecule has 6 aromatic rings. The number of nitrogens with zero attached hydrogens (tertiary/aromatic N) is 5. The molecule has 2 unspecified atom stereocenters. The van der Waals surface area contributed by atoms with Gasteiger partial charge in [0.05, 0.1) is 11.1 Å². The standard InChI is InChI=1S/C32H14F8N8/c33-18-7-3-6-14-23(18)31(38)45-28(14)43-26-13-5-2-1-4-12(13)25(41-26)42-27-15-10-20(35)21(36)11-16(15)30(44-27)48(40)32(39)17-8-9-19(34)24(37)22(17)29(46-31)47-32/h1-11,44H,(H,46,47)(H,41,42,43,45). The van der Waals surface area contributed by atoms with Gasteiger partial charge in [0.2, 0.25) is 0 Å². The number of amidine groups is 2. The molecule has 5 heterocycles. The van der Waals surface area contributed by atoms with Gasteiger partial charge in [-0.15, -0.1) is 5.12 Å². The zero-order valence-electron chi connectivity index (χ0n) is 23.6. The molecule has 0 radical (unpaired) electrons. The molecule has 8 bridgehead atoms. The summed E-state index contributed by atoms with van der Waals surface area (Å²) in [7, 11) is 0. The summed E-state index contributed by atoms with van der Waals surface area (Å²) in [6, 6.07) is 12.5. The van der Waals surface area contributed by atoms with Gasteiger partial charge in [-0.25, -0.2) is 41.9 Å². The van der Waals surface area contributed by atoms with Crippen molar-refractivity contribution in [3.63, 3.8) is 0 Å². The van der Waals surface area contributed by atoms with Crippen LogP contribution in [0.15, 0.2) is 86.7 Å². The van der Waals surface area contributed by atoms with Gasteiger partial charge < -0.3 is 15.3 Å². The second-order valence-corrected chi connectivity index (χ2v) is 11.2. The normalized spacial score (nSPS) is 21.0. The second-order valence-electron chi connectivity index (χ2n) is 11.2. The number of rotatable bonds is 0. The lowest BCUT2D eigenvalue weighted by Crippen LogP contribution is -2.41. The Balaban J connectivity index is 1.43. The highest BCUT2D eigenvalue weighted by atomic mass is 19.2. The van der Waals surface area contributed by atoms with Gasteiger partial charge in [0, 0.05) is 32.7 Å². The number of halogens is 8. The summed E-state index contributed by atoms with van der Waals surface area (Å²) in [5.74, 6) is -16.8. The maximum Gasteiger partial charge on any atom is 0.334 e. The quantitative estimate of drug-likeness (QED) is 0.101. The Kier molecular flexibility index (Phi) is 5.44. The van der Waals surface area contributed by atoms with Crippen molar-refractivity contribution in [1.82, 2.24) is 15.3 Å². The number of fused-ring (bicyclic) bond motifs is 18. The van der Waals surface area contributed by atoms with Crippen LogP contribution >= 0.6 is 0 Å². The number of hydrogen-bond acceptors (Lipinski definition) is 6. The average molecular weight is 663 g/mol. The summed E-state index contributed by atoms with van der Waals surface area (Å²) in [5, 5.41) is 1.62. The van der Waals surface area contributed by atoms with Crippen molar-refractivity contribution in [2.45, 2.75) is 11.8 Å². The van der Waals surface area contributed by atoms with Crippen molar-refractivity contribution in [2.75, 3.05) is 5.12 Å². The highest BCUT2D eigenvalue weighted by Crippen LogP contribution is 2.48. The number of alkyl halides is 2. The molecule has 9 rings (SSSR count). The smallest absolute Gasteiger partial charge is 0.324 e. The molecule has 2 atom stereocenters. The van der Waals surface area contributed by atoms with Crippen LogP contribution in [0.25, 0.3) is 21.5 Å². The number of benzene rings is 4. The maximum absolute atomic E-state index is 17.1. The first-order valence-electron chi connectivity index (χ1n) is 14.1. The molecular formula is C32H14F8N8. The van der Waals surface area contributed by atoms with Crippen LogP contribution in [0, 0.1) is 29.1 Å². The third kappa shape index (κ3) is 3.64. The largest absolute Gasteiger partial charge is 0.334 e. The number of hydrogen-bond donors (Lipinski definition) is 3. The Morgan fingerprint density at radius 3 is 2.12 bits per heavy atom. The van der Waals surface area contributed by atoms with Crippen molar-refractivity contribution in [3.05, 3.63) is 129 Å². The van der Waals surface area contributed by atoms with E-state index in [9.17, 15) is 13.2 Å². The van der Waals surface area contributed by atoms with Gasteiger partial charge in [-0.3, -0.25) is 0 Å². The monoisotopic (exact) mass is 662 g/mol. The van der Waals surface area contributed by atoms with Crippen LogP contribution in [0.2, 0.25) is 0 Å². The molecule has 0 saturated carbocycles. The number of aromatic nitrogens is 2. The summed E-state index contributed by atoms with van der Waals surface area (Å²) in [6.45, 7) is 0. The Hall–Kier alpha value is -6.06. The third-order valence-corrected chi connectivity index (χ3v) is 8.44. The van der Waals surface area contributed by atoms with Crippen molar-refractivity contribution >= 4 is 44.9 Å². The molecule has 0 saturated heterocycles. The van der Waals surface area contributed by atoms with Gasteiger partial charge in [0.25, 0.3) is 0 Å².